The molecule has 0 aliphatic carbocycles. The second-order valence-electron chi connectivity index (χ2n) is 6.66. The summed E-state index contributed by atoms with van der Waals surface area (Å²) < 4.78 is 16.4. The zero-order chi connectivity index (χ0) is 21.3. The number of hydrogen-bond acceptors (Lipinski definition) is 9. The number of carbonyl (C=O) groups excluding carboxylic acids is 1. The molecule has 1 aromatic rings. The molecule has 9 heteroatoms. The first-order valence-electron chi connectivity index (χ1n) is 8.91. The molecule has 0 saturated heterocycles. The number of nitrogens with two attached hydrogens (primary N) is 1. The first kappa shape index (κ1) is 20.6. The molecule has 2 heterocycles. The van der Waals surface area contributed by atoms with E-state index in [1.807, 2.05) is 0 Å². The van der Waals surface area contributed by atoms with Crippen LogP contribution in [0, 0.1) is 11.3 Å². The second kappa shape index (κ2) is 8.09. The van der Waals surface area contributed by atoms with Crippen LogP contribution < -0.4 is 15.2 Å². The van der Waals surface area contributed by atoms with E-state index in [1.54, 1.807) is 58.1 Å². The number of nitriles is 1. The van der Waals surface area contributed by atoms with Gasteiger partial charge in [-0.2, -0.15) is 5.26 Å². The molecule has 2 N–H and O–H groups in total. The first-order valence-corrected chi connectivity index (χ1v) is 9.73. The van der Waals surface area contributed by atoms with Gasteiger partial charge in [0.05, 0.1) is 31.6 Å². The van der Waals surface area contributed by atoms with Gasteiger partial charge in [0.25, 0.3) is 0 Å². The average molecular weight is 414 g/mol. The van der Waals surface area contributed by atoms with Gasteiger partial charge in [-0.3, -0.25) is 4.90 Å². The monoisotopic (exact) mass is 414 g/mol. The van der Waals surface area contributed by atoms with Crippen molar-refractivity contribution in [2.24, 2.45) is 10.7 Å². The lowest BCUT2D eigenvalue weighted by Crippen LogP contribution is -2.39. The van der Waals surface area contributed by atoms with E-state index in [0.717, 1.165) is 0 Å². The zero-order valence-corrected chi connectivity index (χ0v) is 17.7. The predicted octanol–water partition coefficient (Wildman–Crippen LogP) is 3.04. The van der Waals surface area contributed by atoms with Gasteiger partial charge >= 0.3 is 5.97 Å². The molecular formula is C20H22N4O4S. The number of ether oxygens (including phenoxy) is 3. The average Bonchev–Trinajstić information content (AvgIpc) is 3.00. The Morgan fingerprint density at radius 3 is 2.66 bits per heavy atom. The molecular weight excluding hydrogens is 392 g/mol. The molecule has 0 radical (unpaired) electrons. The molecule has 2 aliphatic rings. The predicted molar refractivity (Wildman–Crippen MR) is 110 cm³/mol. The number of methoxy groups -OCH3 is 2. The van der Waals surface area contributed by atoms with Crippen LogP contribution in [0.1, 0.15) is 32.4 Å². The van der Waals surface area contributed by atoms with Crippen molar-refractivity contribution in [3.8, 4) is 17.6 Å². The van der Waals surface area contributed by atoms with Crippen LogP contribution in [0.3, 0.4) is 0 Å². The van der Waals surface area contributed by atoms with Crippen molar-refractivity contribution < 1.29 is 19.0 Å². The van der Waals surface area contributed by atoms with E-state index >= 15 is 0 Å². The third-order valence-electron chi connectivity index (χ3n) is 4.47. The standard InChI is InChI=1S/C20H22N4O4S/c1-10(2)28-19(25)16-11(3)23-20-24(18(22)15(9-21)29-20)17(16)13-8-12(26-4)6-7-14(13)27-5/h6-8,10,17H,22H2,1-5H3/t17-/m1/s1. The van der Waals surface area contributed by atoms with E-state index in [-0.39, 0.29) is 11.9 Å². The molecule has 152 valence electrons. The third-order valence-corrected chi connectivity index (χ3v) is 5.45. The van der Waals surface area contributed by atoms with Gasteiger partial charge in [-0.1, -0.05) is 0 Å². The van der Waals surface area contributed by atoms with E-state index in [9.17, 15) is 10.1 Å². The Morgan fingerprint density at radius 1 is 1.34 bits per heavy atom. The quantitative estimate of drug-likeness (QED) is 0.732. The molecule has 2 aliphatic heterocycles. The Morgan fingerprint density at radius 2 is 2.07 bits per heavy atom. The van der Waals surface area contributed by atoms with Gasteiger partial charge in [-0.05, 0) is 50.7 Å². The molecule has 3 rings (SSSR count). The highest BCUT2D eigenvalue weighted by Crippen LogP contribution is 2.48. The van der Waals surface area contributed by atoms with E-state index in [4.69, 9.17) is 19.9 Å². The highest BCUT2D eigenvalue weighted by molar-refractivity contribution is 8.17. The van der Waals surface area contributed by atoms with Crippen molar-refractivity contribution in [1.29, 1.82) is 5.26 Å². The van der Waals surface area contributed by atoms with Gasteiger partial charge < -0.3 is 19.9 Å². The smallest absolute Gasteiger partial charge is 0.338 e. The number of nitrogens with zero attached hydrogens (tertiary/aromatic N) is 3. The van der Waals surface area contributed by atoms with Gasteiger partial charge in [0.1, 0.15) is 34.3 Å². The van der Waals surface area contributed by atoms with Crippen LogP contribution in [0.15, 0.2) is 45.2 Å². The maximum atomic E-state index is 13.0. The molecule has 1 atom stereocenters. The number of fused-ring (bicyclic) bond motifs is 1. The van der Waals surface area contributed by atoms with Gasteiger partial charge in [0.15, 0.2) is 5.17 Å². The number of aliphatic imine (C=N–C) groups is 1. The van der Waals surface area contributed by atoms with Crippen molar-refractivity contribution in [3.05, 3.63) is 45.8 Å². The minimum Gasteiger partial charge on any atom is -0.497 e. The van der Waals surface area contributed by atoms with Crippen molar-refractivity contribution in [1.82, 2.24) is 4.90 Å². The highest BCUT2D eigenvalue weighted by atomic mass is 32.2. The number of benzene rings is 1. The second-order valence-corrected chi connectivity index (χ2v) is 7.63. The van der Waals surface area contributed by atoms with Crippen LogP contribution in [-0.2, 0) is 9.53 Å². The third kappa shape index (κ3) is 3.63. The molecule has 0 fully saturated rings. The number of allylic oxidation sites excluding steroid dienone is 2. The number of esters is 1. The fraction of sp³-hybridized carbons (Fsp3) is 0.350. The van der Waals surface area contributed by atoms with E-state index < -0.39 is 12.0 Å². The summed E-state index contributed by atoms with van der Waals surface area (Å²) >= 11 is 1.17. The van der Waals surface area contributed by atoms with Gasteiger partial charge in [0.2, 0.25) is 0 Å². The van der Waals surface area contributed by atoms with E-state index in [1.165, 1.54) is 11.8 Å². The number of rotatable bonds is 5. The molecule has 1 aromatic carbocycles. The summed E-state index contributed by atoms with van der Waals surface area (Å²) in [5.41, 5.74) is 7.75. The maximum Gasteiger partial charge on any atom is 0.338 e. The number of thioether (sulfide) groups is 1. The fourth-order valence-corrected chi connectivity index (χ4v) is 4.14. The van der Waals surface area contributed by atoms with Crippen LogP contribution in [-0.4, -0.2) is 36.4 Å². The van der Waals surface area contributed by atoms with Crippen LogP contribution in [0.2, 0.25) is 0 Å². The van der Waals surface area contributed by atoms with Crippen molar-refractivity contribution in [2.45, 2.75) is 32.9 Å². The van der Waals surface area contributed by atoms with Crippen LogP contribution >= 0.6 is 11.8 Å². The number of carbonyl (C=O) groups is 1. The van der Waals surface area contributed by atoms with Crippen LogP contribution in [0.5, 0.6) is 11.5 Å². The lowest BCUT2D eigenvalue weighted by Gasteiger charge is -2.35. The summed E-state index contributed by atoms with van der Waals surface area (Å²) in [4.78, 5) is 19.5. The Kier molecular flexibility index (Phi) is 5.75. The van der Waals surface area contributed by atoms with E-state index in [0.29, 0.717) is 38.4 Å². The minimum absolute atomic E-state index is 0.230. The largest absolute Gasteiger partial charge is 0.497 e. The summed E-state index contributed by atoms with van der Waals surface area (Å²) in [7, 11) is 3.10. The molecule has 0 saturated carbocycles. The SMILES string of the molecule is COc1ccc(OC)c([C@@H]2C(C(=O)OC(C)C)=C(C)N=C3SC(C#N)=C(N)N32)c1. The highest BCUT2D eigenvalue weighted by Gasteiger charge is 2.44. The summed E-state index contributed by atoms with van der Waals surface area (Å²) in [6.07, 6.45) is -0.309. The van der Waals surface area contributed by atoms with Crippen LogP contribution in [0.4, 0.5) is 0 Å². The zero-order valence-electron chi connectivity index (χ0n) is 16.8. The molecule has 29 heavy (non-hydrogen) atoms. The van der Waals surface area contributed by atoms with E-state index in [2.05, 4.69) is 11.1 Å². The Labute approximate surface area is 173 Å². The molecule has 0 amide bonds. The molecule has 8 nitrogen and oxygen atoms in total. The lowest BCUT2D eigenvalue weighted by atomic mass is 9.93. The molecule has 0 bridgehead atoms. The summed E-state index contributed by atoms with van der Waals surface area (Å²) in [5, 5.41) is 9.96. The van der Waals surface area contributed by atoms with Crippen molar-refractivity contribution in [3.63, 3.8) is 0 Å². The normalized spacial score (nSPS) is 18.4. The van der Waals surface area contributed by atoms with Crippen LogP contribution in [0.25, 0.3) is 0 Å². The first-order chi connectivity index (χ1) is 13.8. The van der Waals surface area contributed by atoms with Gasteiger partial charge in [-0.25, -0.2) is 9.79 Å². The Hall–Kier alpha value is -3.12. The molecule has 0 spiro atoms. The van der Waals surface area contributed by atoms with Crippen molar-refractivity contribution in [2.75, 3.05) is 14.2 Å². The topological polar surface area (TPSA) is 110 Å². The Bertz CT molecular complexity index is 991. The lowest BCUT2D eigenvalue weighted by molar-refractivity contribution is -0.143. The summed E-state index contributed by atoms with van der Waals surface area (Å²) in [6.45, 7) is 5.29. The molecule has 0 aromatic heterocycles. The van der Waals surface area contributed by atoms with Gasteiger partial charge in [-0.15, -0.1) is 0 Å². The maximum absolute atomic E-state index is 13.0. The Balaban J connectivity index is 2.26. The minimum atomic E-state index is -0.683. The summed E-state index contributed by atoms with van der Waals surface area (Å²) in [6, 6.07) is 6.71. The number of hydrogen-bond donors (Lipinski definition) is 1. The number of amidine groups is 1. The fourth-order valence-electron chi connectivity index (χ4n) is 3.23. The summed E-state index contributed by atoms with van der Waals surface area (Å²) in [5.74, 6) is 0.865. The molecule has 0 unspecified atom stereocenters. The van der Waals surface area contributed by atoms with Gasteiger partial charge in [0, 0.05) is 5.56 Å². The van der Waals surface area contributed by atoms with Crippen molar-refractivity contribution >= 4 is 22.9 Å².